The molecule has 5 nitrogen and oxygen atoms in total. The molecule has 0 N–H and O–H groups in total. The first-order valence-corrected chi connectivity index (χ1v) is 8.36. The minimum atomic E-state index is -3.10. The van der Waals surface area contributed by atoms with Crippen LogP contribution >= 0.6 is 11.6 Å². The van der Waals surface area contributed by atoms with E-state index in [-0.39, 0.29) is 22.2 Å². The van der Waals surface area contributed by atoms with Crippen LogP contribution in [0.25, 0.3) is 0 Å². The van der Waals surface area contributed by atoms with Gasteiger partial charge in [0.15, 0.2) is 9.84 Å². The summed E-state index contributed by atoms with van der Waals surface area (Å²) in [7, 11) is -3.10. The van der Waals surface area contributed by atoms with Gasteiger partial charge in [-0.3, -0.25) is 4.79 Å². The summed E-state index contributed by atoms with van der Waals surface area (Å²) in [6, 6.07) is 0.626. The number of nitrogens with zero attached hydrogens (tertiary/aromatic N) is 2. The molecule has 20 heavy (non-hydrogen) atoms. The number of sulfone groups is 1. The zero-order valence-electron chi connectivity index (χ0n) is 10.8. The standard InChI is InChI=1S/C12H14ClFN2O3S/c1-2-16(9-3-4-20(18,19)7-9)12(17)10-5-8(14)6-15-11(10)13/h5-6,9H,2-4,7H2,1H3. The van der Waals surface area contributed by atoms with E-state index in [0.717, 1.165) is 12.3 Å². The van der Waals surface area contributed by atoms with Crippen LogP contribution in [0.2, 0.25) is 5.15 Å². The first-order valence-electron chi connectivity index (χ1n) is 6.16. The molecule has 1 aromatic rings. The molecule has 1 fully saturated rings. The van der Waals surface area contributed by atoms with Gasteiger partial charge in [0.1, 0.15) is 11.0 Å². The van der Waals surface area contributed by atoms with E-state index >= 15 is 0 Å². The molecule has 110 valence electrons. The molecule has 2 rings (SSSR count). The first-order chi connectivity index (χ1) is 9.34. The average molecular weight is 321 g/mol. The van der Waals surface area contributed by atoms with Crippen LogP contribution in [-0.4, -0.2) is 48.3 Å². The van der Waals surface area contributed by atoms with E-state index in [9.17, 15) is 17.6 Å². The van der Waals surface area contributed by atoms with Crippen LogP contribution in [0.1, 0.15) is 23.7 Å². The Morgan fingerprint density at radius 1 is 1.60 bits per heavy atom. The van der Waals surface area contributed by atoms with Crippen molar-refractivity contribution in [1.29, 1.82) is 0 Å². The number of rotatable bonds is 3. The predicted molar refractivity (Wildman–Crippen MR) is 73.0 cm³/mol. The summed E-state index contributed by atoms with van der Waals surface area (Å²) in [5, 5.41) is -0.0873. The molecule has 0 radical (unpaired) electrons. The van der Waals surface area contributed by atoms with E-state index in [1.807, 2.05) is 0 Å². The van der Waals surface area contributed by atoms with Gasteiger partial charge in [-0.05, 0) is 19.4 Å². The van der Waals surface area contributed by atoms with Gasteiger partial charge in [-0.1, -0.05) is 11.6 Å². The molecule has 0 aliphatic carbocycles. The van der Waals surface area contributed by atoms with Crippen molar-refractivity contribution in [3.8, 4) is 0 Å². The average Bonchev–Trinajstić information content (AvgIpc) is 2.73. The summed E-state index contributed by atoms with van der Waals surface area (Å²) in [4.78, 5) is 17.4. The van der Waals surface area contributed by atoms with Gasteiger partial charge >= 0.3 is 0 Å². The molecule has 1 atom stereocenters. The third-order valence-electron chi connectivity index (χ3n) is 3.29. The lowest BCUT2D eigenvalue weighted by molar-refractivity contribution is 0.0707. The number of amides is 1. The molecule has 2 heterocycles. The van der Waals surface area contributed by atoms with Crippen LogP contribution in [0.5, 0.6) is 0 Å². The summed E-state index contributed by atoms with van der Waals surface area (Å²) in [6.45, 7) is 2.06. The van der Waals surface area contributed by atoms with Gasteiger partial charge in [0.25, 0.3) is 5.91 Å². The molecular formula is C12H14ClFN2O3S. The fraction of sp³-hybridized carbons (Fsp3) is 0.500. The summed E-state index contributed by atoms with van der Waals surface area (Å²) in [5.41, 5.74) is -0.0437. The molecular weight excluding hydrogens is 307 g/mol. The maximum absolute atomic E-state index is 13.2. The van der Waals surface area contributed by atoms with Crippen molar-refractivity contribution in [2.75, 3.05) is 18.1 Å². The Balaban J connectivity index is 2.28. The number of hydrogen-bond acceptors (Lipinski definition) is 4. The fourth-order valence-corrected chi connectivity index (χ4v) is 4.23. The molecule has 0 saturated carbocycles. The third kappa shape index (κ3) is 3.09. The molecule has 0 bridgehead atoms. The predicted octanol–water partition coefficient (Wildman–Crippen LogP) is 1.52. The largest absolute Gasteiger partial charge is 0.335 e. The highest BCUT2D eigenvalue weighted by Gasteiger charge is 2.34. The molecule has 0 aromatic carbocycles. The number of carbonyl (C=O) groups excluding carboxylic acids is 1. The van der Waals surface area contributed by atoms with Crippen LogP contribution in [0.4, 0.5) is 4.39 Å². The van der Waals surface area contributed by atoms with Crippen LogP contribution < -0.4 is 0 Å². The minimum Gasteiger partial charge on any atom is -0.335 e. The number of carbonyl (C=O) groups is 1. The van der Waals surface area contributed by atoms with Gasteiger partial charge in [-0.25, -0.2) is 17.8 Å². The van der Waals surface area contributed by atoms with Crippen LogP contribution in [0.3, 0.4) is 0 Å². The molecule has 1 aromatic heterocycles. The van der Waals surface area contributed by atoms with Gasteiger partial charge in [-0.15, -0.1) is 0 Å². The van der Waals surface area contributed by atoms with Crippen molar-refractivity contribution in [1.82, 2.24) is 9.88 Å². The van der Waals surface area contributed by atoms with E-state index in [0.29, 0.717) is 13.0 Å². The molecule has 1 saturated heterocycles. The normalized spacial score (nSPS) is 20.9. The van der Waals surface area contributed by atoms with Gasteiger partial charge in [-0.2, -0.15) is 0 Å². The second kappa shape index (κ2) is 5.65. The molecule has 1 amide bonds. The lowest BCUT2D eigenvalue weighted by Gasteiger charge is -2.27. The smallest absolute Gasteiger partial charge is 0.257 e. The highest BCUT2D eigenvalue weighted by atomic mass is 35.5. The van der Waals surface area contributed by atoms with Crippen LogP contribution in [0, 0.1) is 5.82 Å². The lowest BCUT2D eigenvalue weighted by Crippen LogP contribution is -2.41. The maximum Gasteiger partial charge on any atom is 0.257 e. The topological polar surface area (TPSA) is 67.3 Å². The number of aromatic nitrogens is 1. The number of hydrogen-bond donors (Lipinski definition) is 0. The van der Waals surface area contributed by atoms with Gasteiger partial charge < -0.3 is 4.90 Å². The van der Waals surface area contributed by atoms with E-state index in [1.54, 1.807) is 6.92 Å². The highest BCUT2D eigenvalue weighted by molar-refractivity contribution is 7.91. The van der Waals surface area contributed by atoms with E-state index < -0.39 is 27.6 Å². The molecule has 0 spiro atoms. The SMILES string of the molecule is CCN(C(=O)c1cc(F)cnc1Cl)C1CCS(=O)(=O)C1. The lowest BCUT2D eigenvalue weighted by atomic mass is 10.1. The summed E-state index contributed by atoms with van der Waals surface area (Å²) >= 11 is 5.81. The molecule has 1 aliphatic rings. The Morgan fingerprint density at radius 2 is 2.30 bits per heavy atom. The Bertz CT molecular complexity index is 636. The Hall–Kier alpha value is -1.21. The van der Waals surface area contributed by atoms with Crippen LogP contribution in [0.15, 0.2) is 12.3 Å². The molecule has 1 aliphatic heterocycles. The number of halogens is 2. The summed E-state index contributed by atoms with van der Waals surface area (Å²) in [6.07, 6.45) is 1.32. The minimum absolute atomic E-state index is 0.0437. The van der Waals surface area contributed by atoms with E-state index in [2.05, 4.69) is 4.98 Å². The third-order valence-corrected chi connectivity index (χ3v) is 5.34. The van der Waals surface area contributed by atoms with E-state index in [1.165, 1.54) is 4.90 Å². The first kappa shape index (κ1) is 15.2. The zero-order valence-corrected chi connectivity index (χ0v) is 12.4. The van der Waals surface area contributed by atoms with E-state index in [4.69, 9.17) is 11.6 Å². The van der Waals surface area contributed by atoms with Gasteiger partial charge in [0.05, 0.1) is 23.3 Å². The van der Waals surface area contributed by atoms with Gasteiger partial charge in [0, 0.05) is 12.6 Å². The zero-order chi connectivity index (χ0) is 14.9. The van der Waals surface area contributed by atoms with Crippen molar-refractivity contribution in [2.45, 2.75) is 19.4 Å². The Kier molecular flexibility index (Phi) is 4.29. The number of pyridine rings is 1. The van der Waals surface area contributed by atoms with Crippen molar-refractivity contribution >= 4 is 27.3 Å². The van der Waals surface area contributed by atoms with Gasteiger partial charge in [0.2, 0.25) is 0 Å². The fourth-order valence-electron chi connectivity index (χ4n) is 2.32. The van der Waals surface area contributed by atoms with Crippen molar-refractivity contribution in [3.05, 3.63) is 28.8 Å². The molecule has 1 unspecified atom stereocenters. The highest BCUT2D eigenvalue weighted by Crippen LogP contribution is 2.22. The second-order valence-corrected chi connectivity index (χ2v) is 7.23. The summed E-state index contributed by atoms with van der Waals surface area (Å²) < 4.78 is 36.2. The Morgan fingerprint density at radius 3 is 2.85 bits per heavy atom. The quantitative estimate of drug-likeness (QED) is 0.792. The molecule has 8 heteroatoms. The maximum atomic E-state index is 13.2. The van der Waals surface area contributed by atoms with Crippen molar-refractivity contribution < 1.29 is 17.6 Å². The van der Waals surface area contributed by atoms with Crippen LogP contribution in [-0.2, 0) is 9.84 Å². The second-order valence-electron chi connectivity index (χ2n) is 4.64. The summed E-state index contributed by atoms with van der Waals surface area (Å²) in [5.74, 6) is -1.15. The Labute approximate surface area is 121 Å². The van der Waals surface area contributed by atoms with Crippen molar-refractivity contribution in [2.24, 2.45) is 0 Å². The van der Waals surface area contributed by atoms with Crippen molar-refractivity contribution in [3.63, 3.8) is 0 Å². The monoisotopic (exact) mass is 320 g/mol.